The van der Waals surface area contributed by atoms with Crippen molar-refractivity contribution < 1.29 is 9.53 Å². The Kier molecular flexibility index (Phi) is 9.34. The molecule has 2 nitrogen and oxygen atoms in total. The fraction of sp³-hybridized carbons (Fsp3) is 0.636. The van der Waals surface area contributed by atoms with Crippen molar-refractivity contribution in [1.29, 1.82) is 0 Å². The Labute approximate surface area is 223 Å². The first kappa shape index (κ1) is 29.1. The third-order valence-electron chi connectivity index (χ3n) is 9.13. The Morgan fingerprint density at radius 1 is 0.944 bits per heavy atom. The lowest BCUT2D eigenvalue weighted by Gasteiger charge is -2.50. The monoisotopic (exact) mass is 508 g/mol. The highest BCUT2D eigenvalue weighted by atomic mass is 28.4. The molecule has 0 saturated heterocycles. The van der Waals surface area contributed by atoms with Crippen LogP contribution in [0.4, 0.5) is 0 Å². The van der Waals surface area contributed by atoms with Gasteiger partial charge in [0.1, 0.15) is 0 Å². The molecule has 0 aromatic heterocycles. The van der Waals surface area contributed by atoms with Crippen LogP contribution in [-0.4, -0.2) is 25.1 Å². The Hall–Kier alpha value is -1.42. The molecule has 1 aliphatic carbocycles. The molecule has 0 spiro atoms. The Morgan fingerprint density at radius 2 is 1.47 bits per heavy atom. The summed E-state index contributed by atoms with van der Waals surface area (Å²) in [5, 5.41) is 12.9. The van der Waals surface area contributed by atoms with Crippen LogP contribution < -0.4 is 10.4 Å². The smallest absolute Gasteiger partial charge is 0.261 e. The zero-order valence-corrected chi connectivity index (χ0v) is 25.3. The fourth-order valence-corrected chi connectivity index (χ4v) is 11.4. The van der Waals surface area contributed by atoms with Crippen LogP contribution in [0.15, 0.2) is 60.7 Å². The van der Waals surface area contributed by atoms with Gasteiger partial charge in [0.2, 0.25) is 0 Å². The normalized spacial score (nSPS) is 23.3. The summed E-state index contributed by atoms with van der Waals surface area (Å²) in [6.45, 7) is 18.4. The van der Waals surface area contributed by atoms with Gasteiger partial charge in [0.05, 0.1) is 5.60 Å². The molecule has 0 aliphatic heterocycles. The highest BCUT2D eigenvalue weighted by molar-refractivity contribution is 6.99. The maximum atomic E-state index is 10.2. The average molecular weight is 509 g/mol. The van der Waals surface area contributed by atoms with Gasteiger partial charge in [-0.15, -0.1) is 0 Å². The summed E-state index contributed by atoms with van der Waals surface area (Å²) in [7, 11) is -2.53. The SMILES string of the molecule is C[C@H](CCCC(C)(C)O)[C@H](C)[C@@]1(C)CCC[C@H](O[Si](c2ccccc2)(c2ccccc2)C(C)(C)C)C1. The molecule has 4 atom stereocenters. The second-order valence-corrected chi connectivity index (χ2v) is 17.9. The van der Waals surface area contributed by atoms with E-state index in [1.165, 1.54) is 29.6 Å². The quantitative estimate of drug-likeness (QED) is 0.333. The molecule has 0 amide bonds. The van der Waals surface area contributed by atoms with Crippen molar-refractivity contribution in [3.63, 3.8) is 0 Å². The summed E-state index contributed by atoms with van der Waals surface area (Å²) >= 11 is 0. The molecule has 0 heterocycles. The second kappa shape index (κ2) is 11.5. The molecule has 0 unspecified atom stereocenters. The summed E-state index contributed by atoms with van der Waals surface area (Å²) in [6, 6.07) is 22.2. The number of hydrogen-bond acceptors (Lipinski definition) is 2. The molecular formula is C33H52O2Si. The molecule has 2 aromatic rings. The van der Waals surface area contributed by atoms with Gasteiger partial charge < -0.3 is 9.53 Å². The topological polar surface area (TPSA) is 29.5 Å². The molecule has 3 rings (SSSR count). The second-order valence-electron chi connectivity index (χ2n) is 13.6. The van der Waals surface area contributed by atoms with E-state index in [1.54, 1.807) is 0 Å². The molecule has 1 N–H and O–H groups in total. The number of benzene rings is 2. The van der Waals surface area contributed by atoms with Gasteiger partial charge in [0.25, 0.3) is 8.32 Å². The average Bonchev–Trinajstić information content (AvgIpc) is 2.81. The highest BCUT2D eigenvalue weighted by Gasteiger charge is 2.52. The Balaban J connectivity index is 1.88. The van der Waals surface area contributed by atoms with E-state index in [2.05, 4.69) is 102 Å². The molecule has 1 saturated carbocycles. The summed E-state index contributed by atoms with van der Waals surface area (Å²) in [4.78, 5) is 0. The summed E-state index contributed by atoms with van der Waals surface area (Å²) in [5.41, 5.74) is -0.283. The third-order valence-corrected chi connectivity index (χ3v) is 14.2. The van der Waals surface area contributed by atoms with E-state index in [0.29, 0.717) is 11.8 Å². The van der Waals surface area contributed by atoms with Crippen LogP contribution >= 0.6 is 0 Å². The molecule has 2 aromatic carbocycles. The number of rotatable bonds is 10. The molecule has 0 bridgehead atoms. The Morgan fingerprint density at radius 3 is 1.94 bits per heavy atom. The van der Waals surface area contributed by atoms with Crippen molar-refractivity contribution >= 4 is 18.7 Å². The lowest BCUT2D eigenvalue weighted by atomic mass is 9.63. The van der Waals surface area contributed by atoms with Gasteiger partial charge in [-0.05, 0) is 72.2 Å². The molecule has 0 radical (unpaired) electrons. The van der Waals surface area contributed by atoms with Crippen LogP contribution in [0.5, 0.6) is 0 Å². The van der Waals surface area contributed by atoms with Crippen LogP contribution in [0.1, 0.15) is 100 Å². The molecule has 1 aliphatic rings. The zero-order valence-electron chi connectivity index (χ0n) is 24.3. The lowest BCUT2D eigenvalue weighted by molar-refractivity contribution is 0.0123. The van der Waals surface area contributed by atoms with E-state index in [9.17, 15) is 5.11 Å². The van der Waals surface area contributed by atoms with E-state index in [4.69, 9.17) is 4.43 Å². The van der Waals surface area contributed by atoms with Crippen LogP contribution in [0.3, 0.4) is 0 Å². The lowest BCUT2D eigenvalue weighted by Crippen LogP contribution is -2.68. The predicted molar refractivity (Wildman–Crippen MR) is 158 cm³/mol. The fourth-order valence-electron chi connectivity index (χ4n) is 6.71. The van der Waals surface area contributed by atoms with Crippen molar-refractivity contribution in [2.45, 2.75) is 117 Å². The number of hydrogen-bond donors (Lipinski definition) is 1. The molecule has 3 heteroatoms. The first-order valence-corrected chi connectivity index (χ1v) is 16.2. The minimum atomic E-state index is -2.53. The van der Waals surface area contributed by atoms with Gasteiger partial charge in [0.15, 0.2) is 0 Å². The van der Waals surface area contributed by atoms with E-state index >= 15 is 0 Å². The van der Waals surface area contributed by atoms with Crippen molar-refractivity contribution in [3.05, 3.63) is 60.7 Å². The van der Waals surface area contributed by atoms with Crippen LogP contribution in [0, 0.1) is 17.3 Å². The molecule has 200 valence electrons. The maximum Gasteiger partial charge on any atom is 0.261 e. The van der Waals surface area contributed by atoms with Crippen molar-refractivity contribution in [3.8, 4) is 0 Å². The van der Waals surface area contributed by atoms with Gasteiger partial charge >= 0.3 is 0 Å². The molecule has 1 fully saturated rings. The van der Waals surface area contributed by atoms with Crippen LogP contribution in [0.2, 0.25) is 5.04 Å². The van der Waals surface area contributed by atoms with E-state index in [1.807, 2.05) is 13.8 Å². The minimum Gasteiger partial charge on any atom is -0.404 e. The summed E-state index contributed by atoms with van der Waals surface area (Å²) in [5.74, 6) is 1.27. The van der Waals surface area contributed by atoms with Crippen LogP contribution in [-0.2, 0) is 4.43 Å². The standard InChI is InChI=1S/C33H52O2Si/c1-26(17-15-23-32(6,7)34)27(2)33(8)24-16-18-28(25-33)35-36(31(3,4)5,29-19-11-9-12-20-29)30-21-13-10-14-22-30/h9-14,19-22,26-28,34H,15-18,23-25H2,1-8H3/t26-,27+,28+,33+/m1/s1. The minimum absolute atomic E-state index is 0.0135. The van der Waals surface area contributed by atoms with Crippen molar-refractivity contribution in [1.82, 2.24) is 0 Å². The van der Waals surface area contributed by atoms with Crippen molar-refractivity contribution in [2.75, 3.05) is 0 Å². The van der Waals surface area contributed by atoms with Crippen molar-refractivity contribution in [2.24, 2.45) is 17.3 Å². The summed E-state index contributed by atoms with van der Waals surface area (Å²) in [6.07, 6.45) is 8.23. The predicted octanol–water partition coefficient (Wildman–Crippen LogP) is 7.73. The highest BCUT2D eigenvalue weighted by Crippen LogP contribution is 2.48. The van der Waals surface area contributed by atoms with E-state index in [-0.39, 0.29) is 16.6 Å². The third kappa shape index (κ3) is 6.71. The zero-order chi connectivity index (χ0) is 26.6. The number of aliphatic hydroxyl groups is 1. The molecule has 36 heavy (non-hydrogen) atoms. The van der Waals surface area contributed by atoms with Gasteiger partial charge in [0, 0.05) is 6.10 Å². The van der Waals surface area contributed by atoms with Crippen LogP contribution in [0.25, 0.3) is 0 Å². The molecular weight excluding hydrogens is 456 g/mol. The van der Waals surface area contributed by atoms with E-state index < -0.39 is 13.9 Å². The maximum absolute atomic E-state index is 10.2. The summed E-state index contributed by atoms with van der Waals surface area (Å²) < 4.78 is 7.57. The first-order chi connectivity index (χ1) is 16.8. The first-order valence-electron chi connectivity index (χ1n) is 14.3. The largest absolute Gasteiger partial charge is 0.404 e. The van der Waals surface area contributed by atoms with Gasteiger partial charge in [-0.1, -0.05) is 121 Å². The van der Waals surface area contributed by atoms with Gasteiger partial charge in [-0.2, -0.15) is 0 Å². The Bertz CT molecular complexity index is 888. The van der Waals surface area contributed by atoms with Gasteiger partial charge in [-0.25, -0.2) is 0 Å². The van der Waals surface area contributed by atoms with Gasteiger partial charge in [-0.3, -0.25) is 0 Å². The van der Waals surface area contributed by atoms with E-state index in [0.717, 1.165) is 25.7 Å².